The van der Waals surface area contributed by atoms with Gasteiger partial charge in [0.1, 0.15) is 0 Å². The molecule has 1 fully saturated rings. The van der Waals surface area contributed by atoms with Gasteiger partial charge in [-0.3, -0.25) is 9.59 Å². The molecule has 4 nitrogen and oxygen atoms in total. The number of piperazine rings is 1. The molecular weight excluding hydrogens is 168 g/mol. The summed E-state index contributed by atoms with van der Waals surface area (Å²) in [6.45, 7) is 0.870. The summed E-state index contributed by atoms with van der Waals surface area (Å²) >= 11 is 0. The van der Waals surface area contributed by atoms with Crippen LogP contribution < -0.4 is 5.32 Å². The van der Waals surface area contributed by atoms with Gasteiger partial charge in [0.25, 0.3) is 0 Å². The molecular formula is C9H12N2O2. The lowest BCUT2D eigenvalue weighted by atomic mass is 10.2. The second-order valence-electron chi connectivity index (χ2n) is 2.90. The van der Waals surface area contributed by atoms with Crippen molar-refractivity contribution in [3.05, 3.63) is 0 Å². The Morgan fingerprint density at radius 3 is 3.00 bits per heavy atom. The van der Waals surface area contributed by atoms with E-state index in [1.165, 1.54) is 4.90 Å². The minimum Gasteiger partial charge on any atom is -0.345 e. The molecule has 0 unspecified atom stereocenters. The monoisotopic (exact) mass is 180 g/mol. The summed E-state index contributed by atoms with van der Waals surface area (Å²) < 4.78 is 0. The molecule has 1 aliphatic heterocycles. The predicted octanol–water partition coefficient (Wildman–Crippen LogP) is -0.642. The van der Waals surface area contributed by atoms with Crippen LogP contribution in [0.1, 0.15) is 12.8 Å². The first kappa shape index (κ1) is 9.59. The molecule has 1 N–H and O–H groups in total. The number of amides is 2. The Labute approximate surface area is 77.3 Å². The minimum absolute atomic E-state index is 0.0309. The molecule has 1 rings (SSSR count). The van der Waals surface area contributed by atoms with E-state index >= 15 is 0 Å². The molecule has 1 heterocycles. The molecule has 1 aliphatic rings. The molecule has 0 spiro atoms. The van der Waals surface area contributed by atoms with Gasteiger partial charge >= 0.3 is 0 Å². The fourth-order valence-electron chi connectivity index (χ4n) is 1.18. The van der Waals surface area contributed by atoms with Crippen LogP contribution in [0.25, 0.3) is 0 Å². The van der Waals surface area contributed by atoms with Gasteiger partial charge < -0.3 is 10.2 Å². The number of nitrogens with zero attached hydrogens (tertiary/aromatic N) is 1. The summed E-state index contributed by atoms with van der Waals surface area (Å²) in [7, 11) is 0. The van der Waals surface area contributed by atoms with Crippen LogP contribution >= 0.6 is 0 Å². The third-order valence-electron chi connectivity index (χ3n) is 1.87. The van der Waals surface area contributed by atoms with Gasteiger partial charge in [-0.15, -0.1) is 12.3 Å². The van der Waals surface area contributed by atoms with Crippen molar-refractivity contribution in [2.24, 2.45) is 0 Å². The zero-order valence-electron chi connectivity index (χ0n) is 7.38. The Bertz CT molecular complexity index is 255. The molecule has 0 saturated carbocycles. The maximum atomic E-state index is 11.2. The van der Waals surface area contributed by atoms with Crippen molar-refractivity contribution in [3.8, 4) is 12.3 Å². The van der Waals surface area contributed by atoms with E-state index in [1.807, 2.05) is 0 Å². The van der Waals surface area contributed by atoms with E-state index in [0.717, 1.165) is 6.42 Å². The standard InChI is InChI=1S/C9H12N2O2/c1-2-3-4-5-11-7-8(12)10-6-9(11)13/h1H,3-7H2,(H,10,12). The lowest BCUT2D eigenvalue weighted by Gasteiger charge is -2.26. The van der Waals surface area contributed by atoms with Gasteiger partial charge in [-0.05, 0) is 6.42 Å². The maximum absolute atomic E-state index is 11.2. The third kappa shape index (κ3) is 2.79. The summed E-state index contributed by atoms with van der Waals surface area (Å²) in [6, 6.07) is 0. The van der Waals surface area contributed by atoms with Crippen molar-refractivity contribution in [3.63, 3.8) is 0 Å². The van der Waals surface area contributed by atoms with Gasteiger partial charge in [-0.1, -0.05) is 0 Å². The molecule has 0 aromatic heterocycles. The summed E-state index contributed by atoms with van der Waals surface area (Å²) in [5.41, 5.74) is 0. The average molecular weight is 180 g/mol. The van der Waals surface area contributed by atoms with Gasteiger partial charge in [0.2, 0.25) is 11.8 Å². The highest BCUT2D eigenvalue weighted by atomic mass is 16.2. The van der Waals surface area contributed by atoms with E-state index in [2.05, 4.69) is 11.2 Å². The molecule has 0 aromatic rings. The first-order valence-electron chi connectivity index (χ1n) is 4.22. The average Bonchev–Trinajstić information content (AvgIpc) is 2.11. The van der Waals surface area contributed by atoms with Crippen molar-refractivity contribution in [2.45, 2.75) is 12.8 Å². The molecule has 2 amide bonds. The Morgan fingerprint density at radius 2 is 2.31 bits per heavy atom. The quantitative estimate of drug-likeness (QED) is 0.464. The van der Waals surface area contributed by atoms with E-state index in [0.29, 0.717) is 13.0 Å². The van der Waals surface area contributed by atoms with Crippen molar-refractivity contribution < 1.29 is 9.59 Å². The predicted molar refractivity (Wildman–Crippen MR) is 47.7 cm³/mol. The Hall–Kier alpha value is -1.50. The lowest BCUT2D eigenvalue weighted by Crippen LogP contribution is -2.51. The van der Waals surface area contributed by atoms with E-state index in [1.54, 1.807) is 0 Å². The zero-order valence-corrected chi connectivity index (χ0v) is 7.38. The first-order valence-corrected chi connectivity index (χ1v) is 4.22. The molecule has 0 aromatic carbocycles. The smallest absolute Gasteiger partial charge is 0.242 e. The van der Waals surface area contributed by atoms with E-state index in [-0.39, 0.29) is 24.9 Å². The fourth-order valence-corrected chi connectivity index (χ4v) is 1.18. The van der Waals surface area contributed by atoms with E-state index < -0.39 is 0 Å². The van der Waals surface area contributed by atoms with Gasteiger partial charge in [-0.25, -0.2) is 0 Å². The molecule has 0 aliphatic carbocycles. The summed E-state index contributed by atoms with van der Waals surface area (Å²) in [4.78, 5) is 23.6. The van der Waals surface area contributed by atoms with Gasteiger partial charge in [0.05, 0.1) is 13.1 Å². The van der Waals surface area contributed by atoms with Crippen molar-refractivity contribution in [1.29, 1.82) is 0 Å². The normalized spacial score (nSPS) is 16.7. The largest absolute Gasteiger partial charge is 0.345 e. The summed E-state index contributed by atoms with van der Waals surface area (Å²) in [5, 5.41) is 2.48. The topological polar surface area (TPSA) is 49.4 Å². The molecule has 0 bridgehead atoms. The Morgan fingerprint density at radius 1 is 1.54 bits per heavy atom. The highest BCUT2D eigenvalue weighted by molar-refractivity contribution is 5.92. The van der Waals surface area contributed by atoms with Crippen LogP contribution in [0.5, 0.6) is 0 Å². The van der Waals surface area contributed by atoms with Crippen molar-refractivity contribution in [1.82, 2.24) is 10.2 Å². The number of terminal acetylenes is 1. The van der Waals surface area contributed by atoms with Gasteiger partial charge in [-0.2, -0.15) is 0 Å². The Kier molecular flexibility index (Phi) is 3.32. The van der Waals surface area contributed by atoms with Crippen LogP contribution in [0.2, 0.25) is 0 Å². The second kappa shape index (κ2) is 4.51. The number of hydrogen-bond acceptors (Lipinski definition) is 2. The molecule has 1 saturated heterocycles. The third-order valence-corrected chi connectivity index (χ3v) is 1.87. The van der Waals surface area contributed by atoms with Crippen LogP contribution in [0.3, 0.4) is 0 Å². The zero-order chi connectivity index (χ0) is 9.68. The van der Waals surface area contributed by atoms with E-state index in [9.17, 15) is 9.59 Å². The lowest BCUT2D eigenvalue weighted by molar-refractivity contribution is -0.140. The SMILES string of the molecule is C#CCCCN1CC(=O)NCC1=O. The second-order valence-corrected chi connectivity index (χ2v) is 2.90. The van der Waals surface area contributed by atoms with E-state index in [4.69, 9.17) is 6.42 Å². The number of nitrogens with one attached hydrogen (secondary N) is 1. The highest BCUT2D eigenvalue weighted by Gasteiger charge is 2.21. The summed E-state index contributed by atoms with van der Waals surface area (Å²) in [6.07, 6.45) is 6.48. The highest BCUT2D eigenvalue weighted by Crippen LogP contribution is 1.98. The van der Waals surface area contributed by atoms with Crippen molar-refractivity contribution >= 4 is 11.8 Å². The molecule has 4 heteroatoms. The van der Waals surface area contributed by atoms with Crippen LogP contribution in [0.15, 0.2) is 0 Å². The van der Waals surface area contributed by atoms with Crippen LogP contribution in [-0.2, 0) is 9.59 Å². The minimum atomic E-state index is -0.0969. The van der Waals surface area contributed by atoms with Crippen LogP contribution in [0.4, 0.5) is 0 Å². The molecule has 0 atom stereocenters. The number of rotatable bonds is 3. The molecule has 0 radical (unpaired) electrons. The summed E-state index contributed by atoms with van der Waals surface area (Å²) in [5.74, 6) is 2.37. The Balaban J connectivity index is 2.34. The van der Waals surface area contributed by atoms with Crippen LogP contribution in [0, 0.1) is 12.3 Å². The maximum Gasteiger partial charge on any atom is 0.242 e. The van der Waals surface area contributed by atoms with Crippen molar-refractivity contribution in [2.75, 3.05) is 19.6 Å². The molecule has 13 heavy (non-hydrogen) atoms. The molecule has 70 valence electrons. The number of carbonyl (C=O) groups excluding carboxylic acids is 2. The number of hydrogen-bond donors (Lipinski definition) is 1. The van der Waals surface area contributed by atoms with Crippen LogP contribution in [-0.4, -0.2) is 36.3 Å². The van der Waals surface area contributed by atoms with Gasteiger partial charge in [0.15, 0.2) is 0 Å². The van der Waals surface area contributed by atoms with Gasteiger partial charge in [0, 0.05) is 13.0 Å². The first-order chi connectivity index (χ1) is 6.24. The fraction of sp³-hybridized carbons (Fsp3) is 0.556. The number of carbonyl (C=O) groups is 2. The number of unbranched alkanes of at least 4 members (excludes halogenated alkanes) is 1.